The molecule has 3 amide bonds. The molecule has 0 spiro atoms. The van der Waals surface area contributed by atoms with Gasteiger partial charge in [0.1, 0.15) is 17.8 Å². The number of hydrogen-bond acceptors (Lipinski definition) is 6. The number of carbonyl (C=O) groups excluding carboxylic acids is 3. The van der Waals surface area contributed by atoms with Gasteiger partial charge in [0.2, 0.25) is 17.7 Å². The number of phenols is 1. The third kappa shape index (κ3) is 7.74. The number of aliphatic carboxylic acids is 1. The van der Waals surface area contributed by atoms with Crippen LogP contribution >= 0.6 is 0 Å². The third-order valence-corrected chi connectivity index (χ3v) is 3.78. The van der Waals surface area contributed by atoms with E-state index in [4.69, 9.17) is 11.5 Å². The van der Waals surface area contributed by atoms with Crippen LogP contribution < -0.4 is 22.1 Å². The maximum absolute atomic E-state index is 12.2. The lowest BCUT2D eigenvalue weighted by atomic mass is 10.1. The highest BCUT2D eigenvalue weighted by Gasteiger charge is 2.25. The largest absolute Gasteiger partial charge is 0.508 e. The van der Waals surface area contributed by atoms with E-state index in [0.717, 1.165) is 0 Å². The summed E-state index contributed by atoms with van der Waals surface area (Å²) < 4.78 is 0. The first kappa shape index (κ1) is 21.9. The summed E-state index contributed by atoms with van der Waals surface area (Å²) in [6.45, 7) is 1.38. The van der Waals surface area contributed by atoms with Gasteiger partial charge < -0.3 is 32.3 Å². The Hall–Kier alpha value is -3.14. The molecule has 0 saturated carbocycles. The van der Waals surface area contributed by atoms with Crippen molar-refractivity contribution in [3.63, 3.8) is 0 Å². The van der Waals surface area contributed by atoms with Crippen LogP contribution in [0.3, 0.4) is 0 Å². The quantitative estimate of drug-likeness (QED) is 0.288. The topological polar surface area (TPSA) is 185 Å². The second-order valence-electron chi connectivity index (χ2n) is 6.11. The van der Waals surface area contributed by atoms with E-state index in [0.29, 0.717) is 5.56 Å². The molecule has 1 aromatic rings. The van der Waals surface area contributed by atoms with Crippen molar-refractivity contribution in [2.75, 3.05) is 0 Å². The standard InChI is InChI=1S/C17H24N4O6/c1-9(20-16(25)12(18)6-7-14(19)23)15(24)21-13(17(26)27)8-10-2-4-11(22)5-3-10/h2-5,9,12-13,22H,6-8,18H2,1H3,(H2,19,23)(H,20,25)(H,21,24)(H,26,27). The highest BCUT2D eigenvalue weighted by atomic mass is 16.4. The van der Waals surface area contributed by atoms with Gasteiger partial charge in [-0.25, -0.2) is 4.79 Å². The first-order chi connectivity index (χ1) is 12.6. The average Bonchev–Trinajstić information content (AvgIpc) is 2.60. The monoisotopic (exact) mass is 380 g/mol. The number of carbonyl (C=O) groups is 4. The number of nitrogens with one attached hydrogen (secondary N) is 2. The molecule has 27 heavy (non-hydrogen) atoms. The molecule has 0 saturated heterocycles. The number of hydrogen-bond donors (Lipinski definition) is 6. The van der Waals surface area contributed by atoms with E-state index in [1.54, 1.807) is 12.1 Å². The van der Waals surface area contributed by atoms with Crippen LogP contribution in [0.4, 0.5) is 0 Å². The van der Waals surface area contributed by atoms with Crippen LogP contribution in [0.1, 0.15) is 25.3 Å². The Morgan fingerprint density at radius 3 is 2.19 bits per heavy atom. The van der Waals surface area contributed by atoms with Crippen molar-refractivity contribution >= 4 is 23.7 Å². The smallest absolute Gasteiger partial charge is 0.326 e. The van der Waals surface area contributed by atoms with Crippen molar-refractivity contribution in [2.24, 2.45) is 11.5 Å². The van der Waals surface area contributed by atoms with Gasteiger partial charge in [0, 0.05) is 12.8 Å². The molecule has 3 unspecified atom stereocenters. The molecular formula is C17H24N4O6. The molecule has 0 aliphatic rings. The lowest BCUT2D eigenvalue weighted by molar-refractivity contribution is -0.142. The van der Waals surface area contributed by atoms with Gasteiger partial charge in [-0.2, -0.15) is 0 Å². The molecule has 0 bridgehead atoms. The Kier molecular flexibility index (Phi) is 8.21. The SMILES string of the molecule is CC(NC(=O)C(N)CCC(N)=O)C(=O)NC(Cc1ccc(O)cc1)C(=O)O. The van der Waals surface area contributed by atoms with E-state index >= 15 is 0 Å². The molecule has 3 atom stereocenters. The molecule has 0 fully saturated rings. The van der Waals surface area contributed by atoms with Crippen molar-refractivity contribution in [3.8, 4) is 5.75 Å². The number of nitrogens with two attached hydrogens (primary N) is 2. The summed E-state index contributed by atoms with van der Waals surface area (Å²) >= 11 is 0. The van der Waals surface area contributed by atoms with Gasteiger partial charge in [0.05, 0.1) is 6.04 Å². The highest BCUT2D eigenvalue weighted by Crippen LogP contribution is 2.11. The molecule has 1 rings (SSSR count). The van der Waals surface area contributed by atoms with Gasteiger partial charge in [-0.1, -0.05) is 12.1 Å². The summed E-state index contributed by atoms with van der Waals surface area (Å²) in [6, 6.07) is 2.64. The maximum atomic E-state index is 12.2. The fourth-order valence-electron chi connectivity index (χ4n) is 2.18. The molecule has 8 N–H and O–H groups in total. The maximum Gasteiger partial charge on any atom is 0.326 e. The van der Waals surface area contributed by atoms with E-state index in [9.17, 15) is 29.4 Å². The van der Waals surface area contributed by atoms with Gasteiger partial charge in [0.25, 0.3) is 0 Å². The van der Waals surface area contributed by atoms with Crippen molar-refractivity contribution in [3.05, 3.63) is 29.8 Å². The summed E-state index contributed by atoms with van der Waals surface area (Å²) in [4.78, 5) is 46.2. The minimum Gasteiger partial charge on any atom is -0.508 e. The highest BCUT2D eigenvalue weighted by molar-refractivity contribution is 5.91. The van der Waals surface area contributed by atoms with Crippen LogP contribution in [0.15, 0.2) is 24.3 Å². The normalized spacial score (nSPS) is 13.9. The second-order valence-corrected chi connectivity index (χ2v) is 6.11. The Balaban J connectivity index is 2.61. The van der Waals surface area contributed by atoms with E-state index < -0.39 is 41.8 Å². The predicted molar refractivity (Wildman–Crippen MR) is 95.4 cm³/mol. The number of carboxylic acid groups (broad SMARTS) is 1. The number of primary amides is 1. The second kappa shape index (κ2) is 10.1. The molecule has 0 heterocycles. The van der Waals surface area contributed by atoms with Gasteiger partial charge in [-0.3, -0.25) is 14.4 Å². The summed E-state index contributed by atoms with van der Waals surface area (Å²) in [6.07, 6.45) is -0.0306. The van der Waals surface area contributed by atoms with Crippen molar-refractivity contribution in [1.29, 1.82) is 0 Å². The number of carboxylic acids is 1. The van der Waals surface area contributed by atoms with Crippen molar-refractivity contribution in [2.45, 2.75) is 44.3 Å². The van der Waals surface area contributed by atoms with Gasteiger partial charge >= 0.3 is 5.97 Å². The lowest BCUT2D eigenvalue weighted by Crippen LogP contribution is -2.53. The molecule has 0 aromatic heterocycles. The summed E-state index contributed by atoms with van der Waals surface area (Å²) in [7, 11) is 0. The molecule has 10 nitrogen and oxygen atoms in total. The van der Waals surface area contributed by atoms with E-state index in [-0.39, 0.29) is 25.0 Å². The third-order valence-electron chi connectivity index (χ3n) is 3.78. The van der Waals surface area contributed by atoms with Gasteiger partial charge in [0.15, 0.2) is 0 Å². The Morgan fingerprint density at radius 2 is 1.67 bits per heavy atom. The number of aromatic hydroxyl groups is 1. The molecular weight excluding hydrogens is 356 g/mol. The first-order valence-corrected chi connectivity index (χ1v) is 8.25. The number of amides is 3. The fourth-order valence-corrected chi connectivity index (χ4v) is 2.18. The predicted octanol–water partition coefficient (Wildman–Crippen LogP) is -1.40. The zero-order valence-electron chi connectivity index (χ0n) is 14.8. The van der Waals surface area contributed by atoms with E-state index in [1.165, 1.54) is 19.1 Å². The van der Waals surface area contributed by atoms with Crippen LogP contribution in [0.25, 0.3) is 0 Å². The molecule has 148 valence electrons. The number of phenolic OH excluding ortho intramolecular Hbond substituents is 1. The Bertz CT molecular complexity index is 691. The first-order valence-electron chi connectivity index (χ1n) is 8.25. The van der Waals surface area contributed by atoms with Gasteiger partial charge in [-0.05, 0) is 31.0 Å². The van der Waals surface area contributed by atoms with Crippen molar-refractivity contribution in [1.82, 2.24) is 10.6 Å². The molecule has 0 radical (unpaired) electrons. The summed E-state index contributed by atoms with van der Waals surface area (Å²) in [5.41, 5.74) is 11.2. The zero-order chi connectivity index (χ0) is 20.6. The van der Waals surface area contributed by atoms with Crippen LogP contribution in [-0.4, -0.2) is 52.0 Å². The fraction of sp³-hybridized carbons (Fsp3) is 0.412. The lowest BCUT2D eigenvalue weighted by Gasteiger charge is -2.20. The van der Waals surface area contributed by atoms with Crippen LogP contribution in [0, 0.1) is 0 Å². The zero-order valence-corrected chi connectivity index (χ0v) is 14.8. The summed E-state index contributed by atoms with van der Waals surface area (Å²) in [5, 5.41) is 23.3. The molecule has 1 aromatic carbocycles. The van der Waals surface area contributed by atoms with Crippen LogP contribution in [0.2, 0.25) is 0 Å². The average molecular weight is 380 g/mol. The van der Waals surface area contributed by atoms with Crippen LogP contribution in [0.5, 0.6) is 5.75 Å². The Morgan fingerprint density at radius 1 is 1.07 bits per heavy atom. The number of benzene rings is 1. The molecule has 0 aliphatic heterocycles. The van der Waals surface area contributed by atoms with Crippen molar-refractivity contribution < 1.29 is 29.4 Å². The summed E-state index contributed by atoms with van der Waals surface area (Å²) in [5.74, 6) is -3.14. The van der Waals surface area contributed by atoms with E-state index in [1.807, 2.05) is 0 Å². The van der Waals surface area contributed by atoms with Crippen LogP contribution in [-0.2, 0) is 25.6 Å². The minimum atomic E-state index is -1.24. The number of rotatable bonds is 10. The van der Waals surface area contributed by atoms with Gasteiger partial charge in [-0.15, -0.1) is 0 Å². The molecule has 10 heteroatoms. The molecule has 0 aliphatic carbocycles. The van der Waals surface area contributed by atoms with E-state index in [2.05, 4.69) is 10.6 Å². The minimum absolute atomic E-state index is 0.000144. The Labute approximate surface area is 155 Å².